The Morgan fingerprint density at radius 1 is 1.09 bits per heavy atom. The Morgan fingerprint density at radius 3 is 2.55 bits per heavy atom. The number of methoxy groups -OCH3 is 1. The van der Waals surface area contributed by atoms with Gasteiger partial charge in [0.25, 0.3) is 0 Å². The Bertz CT molecular complexity index is 1100. The molecule has 1 aromatic heterocycles. The molecule has 0 saturated carbocycles. The molecule has 0 bridgehead atoms. The number of carbonyl (C=O) groups is 1. The van der Waals surface area contributed by atoms with Crippen LogP contribution in [0.5, 0.6) is 0 Å². The summed E-state index contributed by atoms with van der Waals surface area (Å²) in [7, 11) is 5.84. The normalized spacial score (nSPS) is 15.0. The molecule has 1 aliphatic heterocycles. The van der Waals surface area contributed by atoms with Crippen molar-refractivity contribution in [2.45, 2.75) is 6.42 Å². The smallest absolute Gasteiger partial charge is 0.335 e. The van der Waals surface area contributed by atoms with E-state index in [0.717, 1.165) is 69.3 Å². The van der Waals surface area contributed by atoms with Gasteiger partial charge in [-0.1, -0.05) is 6.07 Å². The minimum Gasteiger partial charge on any atom is -0.478 e. The van der Waals surface area contributed by atoms with Gasteiger partial charge in [0.05, 0.1) is 23.2 Å². The van der Waals surface area contributed by atoms with Crippen LogP contribution in [0.4, 0.5) is 5.69 Å². The third-order valence-electron chi connectivity index (χ3n) is 6.19. The molecule has 33 heavy (non-hydrogen) atoms. The van der Waals surface area contributed by atoms with Crippen molar-refractivity contribution in [3.63, 3.8) is 0 Å². The van der Waals surface area contributed by atoms with E-state index in [2.05, 4.69) is 43.5 Å². The van der Waals surface area contributed by atoms with Crippen LogP contribution in [-0.4, -0.2) is 97.5 Å². The highest BCUT2D eigenvalue weighted by atomic mass is 16.5. The lowest BCUT2D eigenvalue weighted by Crippen LogP contribution is -2.47. The van der Waals surface area contributed by atoms with Crippen molar-refractivity contribution >= 4 is 22.7 Å². The van der Waals surface area contributed by atoms with Gasteiger partial charge in [0.1, 0.15) is 5.82 Å². The fraction of sp³-hybridized carbons (Fsp3) is 0.440. The zero-order valence-electron chi connectivity index (χ0n) is 19.7. The number of ether oxygens (including phenoxy) is 1. The number of carboxylic acids is 1. The summed E-state index contributed by atoms with van der Waals surface area (Å²) in [6.45, 7) is 6.60. The lowest BCUT2D eigenvalue weighted by Gasteiger charge is -2.36. The molecule has 0 amide bonds. The van der Waals surface area contributed by atoms with Gasteiger partial charge in [0.15, 0.2) is 0 Å². The van der Waals surface area contributed by atoms with Crippen molar-refractivity contribution < 1.29 is 14.6 Å². The molecule has 0 atom stereocenters. The van der Waals surface area contributed by atoms with Crippen molar-refractivity contribution in [2.24, 2.45) is 0 Å². The molecule has 1 aliphatic rings. The van der Waals surface area contributed by atoms with Crippen LogP contribution in [-0.2, 0) is 11.2 Å². The second-order valence-corrected chi connectivity index (χ2v) is 8.77. The predicted octanol–water partition coefficient (Wildman–Crippen LogP) is 2.60. The van der Waals surface area contributed by atoms with E-state index < -0.39 is 5.97 Å². The fourth-order valence-corrected chi connectivity index (χ4v) is 4.32. The quantitative estimate of drug-likeness (QED) is 0.536. The largest absolute Gasteiger partial charge is 0.478 e. The third-order valence-corrected chi connectivity index (χ3v) is 6.19. The van der Waals surface area contributed by atoms with Gasteiger partial charge in [0.2, 0.25) is 0 Å². The number of benzene rings is 2. The van der Waals surface area contributed by atoms with E-state index in [1.807, 2.05) is 20.2 Å². The fourth-order valence-electron chi connectivity index (χ4n) is 4.32. The van der Waals surface area contributed by atoms with Gasteiger partial charge in [-0.15, -0.1) is 0 Å². The molecule has 3 aromatic rings. The zero-order chi connectivity index (χ0) is 23.4. The van der Waals surface area contributed by atoms with E-state index in [1.165, 1.54) is 5.69 Å². The second-order valence-electron chi connectivity index (χ2n) is 8.77. The first-order valence-corrected chi connectivity index (χ1v) is 11.4. The molecule has 0 spiro atoms. The molecule has 0 aliphatic carbocycles. The molecule has 2 aromatic carbocycles. The van der Waals surface area contributed by atoms with Crippen molar-refractivity contribution in [1.82, 2.24) is 19.4 Å². The molecule has 1 N–H and O–H groups in total. The molecule has 8 nitrogen and oxygen atoms in total. The van der Waals surface area contributed by atoms with Gasteiger partial charge in [-0.2, -0.15) is 0 Å². The maximum atomic E-state index is 11.5. The topological polar surface area (TPSA) is 74.1 Å². The van der Waals surface area contributed by atoms with E-state index in [0.29, 0.717) is 5.52 Å². The molecule has 0 unspecified atom stereocenters. The molecule has 176 valence electrons. The van der Waals surface area contributed by atoms with Crippen molar-refractivity contribution in [1.29, 1.82) is 0 Å². The van der Waals surface area contributed by atoms with Crippen molar-refractivity contribution in [3.05, 3.63) is 53.9 Å². The molecule has 8 heteroatoms. The summed E-state index contributed by atoms with van der Waals surface area (Å²) in [5, 5.41) is 9.40. The standard InChI is InChI=1S/C25H33N5O3/c1-27(2)10-9-24-26-22-17-19(25(31)32)7-8-23(22)30(24)21-6-4-5-20(18-21)29-13-11-28(12-14-29)15-16-33-3/h4-8,17-18H,9-16H2,1-3H3,(H,31,32). The SMILES string of the molecule is COCCN1CCN(c2cccc(-n3c(CCN(C)C)nc4cc(C(=O)O)ccc43)c2)CC1. The summed E-state index contributed by atoms with van der Waals surface area (Å²) in [5.74, 6) is -0.00398. The molecule has 1 saturated heterocycles. The second kappa shape index (κ2) is 10.3. The predicted molar refractivity (Wildman–Crippen MR) is 131 cm³/mol. The molecular formula is C25H33N5O3. The van der Waals surface area contributed by atoms with Crippen molar-refractivity contribution in [2.75, 3.05) is 72.0 Å². The molecular weight excluding hydrogens is 418 g/mol. The van der Waals surface area contributed by atoms with Crippen LogP contribution in [0.1, 0.15) is 16.2 Å². The molecule has 1 fully saturated rings. The maximum absolute atomic E-state index is 11.5. The van der Waals surface area contributed by atoms with Crippen LogP contribution >= 0.6 is 0 Å². The summed E-state index contributed by atoms with van der Waals surface area (Å²) in [4.78, 5) is 23.3. The lowest BCUT2D eigenvalue weighted by molar-refractivity contribution is 0.0697. The van der Waals surface area contributed by atoms with E-state index >= 15 is 0 Å². The van der Waals surface area contributed by atoms with Gasteiger partial charge in [-0.25, -0.2) is 9.78 Å². The highest BCUT2D eigenvalue weighted by molar-refractivity contribution is 5.93. The Morgan fingerprint density at radius 2 is 1.85 bits per heavy atom. The van der Waals surface area contributed by atoms with Gasteiger partial charge in [0, 0.05) is 64.2 Å². The number of hydrogen-bond acceptors (Lipinski definition) is 6. The maximum Gasteiger partial charge on any atom is 0.335 e. The van der Waals surface area contributed by atoms with Crippen LogP contribution in [0.2, 0.25) is 0 Å². The van der Waals surface area contributed by atoms with Crippen LogP contribution in [0, 0.1) is 0 Å². The minimum absolute atomic E-state index is 0.256. The number of carboxylic acid groups (broad SMARTS) is 1. The lowest BCUT2D eigenvalue weighted by atomic mass is 10.2. The van der Waals surface area contributed by atoms with Gasteiger partial charge in [-0.3, -0.25) is 9.47 Å². The average molecular weight is 452 g/mol. The van der Waals surface area contributed by atoms with E-state index in [9.17, 15) is 9.90 Å². The highest BCUT2D eigenvalue weighted by Crippen LogP contribution is 2.27. The van der Waals surface area contributed by atoms with Gasteiger partial charge in [-0.05, 0) is 50.5 Å². The summed E-state index contributed by atoms with van der Waals surface area (Å²) >= 11 is 0. The number of imidazole rings is 1. The van der Waals surface area contributed by atoms with Crippen LogP contribution in [0.25, 0.3) is 16.7 Å². The number of hydrogen-bond donors (Lipinski definition) is 1. The number of piperazine rings is 1. The monoisotopic (exact) mass is 451 g/mol. The van der Waals surface area contributed by atoms with Crippen molar-refractivity contribution in [3.8, 4) is 5.69 Å². The molecule has 4 rings (SSSR count). The molecule has 2 heterocycles. The molecule has 0 radical (unpaired) electrons. The number of fused-ring (bicyclic) bond motifs is 1. The first kappa shape index (κ1) is 23.2. The average Bonchev–Trinajstić information content (AvgIpc) is 3.19. The Kier molecular flexibility index (Phi) is 7.27. The number of likely N-dealkylation sites (N-methyl/N-ethyl adjacent to an activating group) is 1. The summed E-state index contributed by atoms with van der Waals surface area (Å²) < 4.78 is 7.38. The number of rotatable bonds is 9. The summed E-state index contributed by atoms with van der Waals surface area (Å²) in [5.41, 5.74) is 4.14. The summed E-state index contributed by atoms with van der Waals surface area (Å²) in [6.07, 6.45) is 0.770. The van der Waals surface area contributed by atoms with E-state index in [-0.39, 0.29) is 5.56 Å². The van der Waals surface area contributed by atoms with E-state index in [4.69, 9.17) is 9.72 Å². The number of anilines is 1. The Hall–Kier alpha value is -2.94. The highest BCUT2D eigenvalue weighted by Gasteiger charge is 2.19. The van der Waals surface area contributed by atoms with Crippen LogP contribution in [0.15, 0.2) is 42.5 Å². The first-order chi connectivity index (χ1) is 16.0. The van der Waals surface area contributed by atoms with Gasteiger partial charge < -0.3 is 19.6 Å². The van der Waals surface area contributed by atoms with Crippen LogP contribution in [0.3, 0.4) is 0 Å². The third kappa shape index (κ3) is 5.35. The first-order valence-electron chi connectivity index (χ1n) is 11.4. The number of aromatic carboxylic acids is 1. The summed E-state index contributed by atoms with van der Waals surface area (Å²) in [6, 6.07) is 13.8. The Labute approximate surface area is 195 Å². The van der Waals surface area contributed by atoms with Crippen LogP contribution < -0.4 is 4.90 Å². The van der Waals surface area contributed by atoms with Gasteiger partial charge >= 0.3 is 5.97 Å². The van der Waals surface area contributed by atoms with E-state index in [1.54, 1.807) is 19.2 Å². The number of nitrogens with zero attached hydrogens (tertiary/aromatic N) is 5. The minimum atomic E-state index is -0.937. The zero-order valence-corrected chi connectivity index (χ0v) is 19.7. The number of aromatic nitrogens is 2. The Balaban J connectivity index is 1.65.